The minimum atomic E-state index is -1.45. The van der Waals surface area contributed by atoms with Crippen LogP contribution in [-0.2, 0) is 28.5 Å². The topological polar surface area (TPSA) is 132 Å². The quantitative estimate of drug-likeness (QED) is 0.0664. The van der Waals surface area contributed by atoms with Crippen LogP contribution in [0, 0.1) is 0 Å². The van der Waals surface area contributed by atoms with Crippen molar-refractivity contribution >= 4 is 11.9 Å². The number of ether oxygens (including phenoxy) is 4. The van der Waals surface area contributed by atoms with E-state index >= 15 is 0 Å². The molecule has 1 heterocycles. The van der Waals surface area contributed by atoms with E-state index in [2.05, 4.69) is 13.8 Å². The molecule has 0 saturated carbocycles. The third-order valence-electron chi connectivity index (χ3n) is 8.10. The summed E-state index contributed by atoms with van der Waals surface area (Å²) >= 11 is 0. The lowest BCUT2D eigenvalue weighted by atomic mass is 10.1. The zero-order valence-corrected chi connectivity index (χ0v) is 27.4. The number of unbranched alkanes of at least 4 members (excludes halogenated alkanes) is 18. The first-order valence-electron chi connectivity index (χ1n) is 17.5. The van der Waals surface area contributed by atoms with E-state index in [0.29, 0.717) is 6.42 Å². The average Bonchev–Trinajstić information content (AvgIpc) is 3.00. The Bertz CT molecular complexity index is 674. The Morgan fingerprint density at radius 2 is 1.07 bits per heavy atom. The maximum absolute atomic E-state index is 12.5. The molecule has 0 bridgehead atoms. The van der Waals surface area contributed by atoms with Crippen LogP contribution in [0.3, 0.4) is 0 Å². The fraction of sp³-hybridized carbons (Fsp3) is 0.941. The second-order valence-electron chi connectivity index (χ2n) is 12.2. The number of carbonyl (C=O) groups is 2. The molecule has 0 radical (unpaired) electrons. The second kappa shape index (κ2) is 27.1. The second-order valence-corrected chi connectivity index (χ2v) is 12.2. The van der Waals surface area contributed by atoms with Gasteiger partial charge < -0.3 is 34.3 Å². The van der Waals surface area contributed by atoms with Gasteiger partial charge in [0.15, 0.2) is 12.4 Å². The molecule has 1 aliphatic rings. The Morgan fingerprint density at radius 3 is 1.56 bits per heavy atom. The summed E-state index contributed by atoms with van der Waals surface area (Å²) in [6.45, 7) is 3.91. The first-order chi connectivity index (χ1) is 20.9. The molecule has 254 valence electrons. The molecule has 0 aliphatic carbocycles. The Balaban J connectivity index is 2.34. The molecule has 1 fully saturated rings. The highest BCUT2D eigenvalue weighted by atomic mass is 16.7. The van der Waals surface area contributed by atoms with Crippen molar-refractivity contribution in [1.29, 1.82) is 0 Å². The van der Waals surface area contributed by atoms with Crippen LogP contribution in [-0.4, -0.2) is 77.8 Å². The third-order valence-corrected chi connectivity index (χ3v) is 8.10. The zero-order chi connectivity index (χ0) is 31.5. The summed E-state index contributed by atoms with van der Waals surface area (Å²) in [5.74, 6) is -0.734. The van der Waals surface area contributed by atoms with Gasteiger partial charge in [-0.15, -0.1) is 0 Å². The SMILES string of the molecule is CCCCCCCCCCCCC(=O)OC[C@H](CO[C@H]1OC[C@@H](O)[C@H](O)[C@H]1O)OC(=O)CCCCCCCCCCCC. The number of aliphatic hydroxyl groups is 3. The van der Waals surface area contributed by atoms with E-state index in [0.717, 1.165) is 38.5 Å². The Labute approximate surface area is 261 Å². The number of rotatable bonds is 28. The van der Waals surface area contributed by atoms with Crippen LogP contribution < -0.4 is 0 Å². The van der Waals surface area contributed by atoms with Gasteiger partial charge in [0, 0.05) is 12.8 Å². The van der Waals surface area contributed by atoms with Gasteiger partial charge in [-0.3, -0.25) is 9.59 Å². The predicted molar refractivity (Wildman–Crippen MR) is 167 cm³/mol. The average molecular weight is 617 g/mol. The fourth-order valence-corrected chi connectivity index (χ4v) is 5.26. The van der Waals surface area contributed by atoms with Gasteiger partial charge in [-0.05, 0) is 12.8 Å². The predicted octanol–water partition coefficient (Wildman–Crippen LogP) is 6.52. The molecular formula is C34H64O9. The van der Waals surface area contributed by atoms with Crippen LogP contribution in [0.25, 0.3) is 0 Å². The Morgan fingerprint density at radius 1 is 0.628 bits per heavy atom. The first kappa shape index (κ1) is 39.8. The first-order valence-corrected chi connectivity index (χ1v) is 17.5. The lowest BCUT2D eigenvalue weighted by Gasteiger charge is -2.35. The van der Waals surface area contributed by atoms with Gasteiger partial charge in [-0.1, -0.05) is 129 Å². The van der Waals surface area contributed by atoms with Gasteiger partial charge in [0.05, 0.1) is 13.2 Å². The largest absolute Gasteiger partial charge is 0.462 e. The smallest absolute Gasteiger partial charge is 0.306 e. The highest BCUT2D eigenvalue weighted by molar-refractivity contribution is 5.70. The summed E-state index contributed by atoms with van der Waals surface area (Å²) in [4.78, 5) is 24.9. The fourth-order valence-electron chi connectivity index (χ4n) is 5.26. The van der Waals surface area contributed by atoms with E-state index in [1.54, 1.807) is 0 Å². The molecule has 0 aromatic rings. The molecule has 3 N–H and O–H groups in total. The van der Waals surface area contributed by atoms with Crippen molar-refractivity contribution in [1.82, 2.24) is 0 Å². The molecule has 43 heavy (non-hydrogen) atoms. The maximum atomic E-state index is 12.5. The number of carbonyl (C=O) groups excluding carboxylic acids is 2. The molecule has 0 amide bonds. The van der Waals surface area contributed by atoms with Gasteiger partial charge in [0.2, 0.25) is 0 Å². The minimum absolute atomic E-state index is 0.158. The Hall–Kier alpha value is -1.26. The number of hydrogen-bond donors (Lipinski definition) is 3. The molecule has 0 unspecified atom stereocenters. The lowest BCUT2D eigenvalue weighted by molar-refractivity contribution is -0.275. The van der Waals surface area contributed by atoms with E-state index < -0.39 is 30.7 Å². The van der Waals surface area contributed by atoms with Gasteiger partial charge >= 0.3 is 11.9 Å². The van der Waals surface area contributed by atoms with E-state index in [1.165, 1.54) is 89.9 Å². The van der Waals surface area contributed by atoms with Crippen LogP contribution in [0.4, 0.5) is 0 Å². The van der Waals surface area contributed by atoms with Gasteiger partial charge in [0.1, 0.15) is 24.9 Å². The molecular weight excluding hydrogens is 552 g/mol. The Kier molecular flexibility index (Phi) is 25.0. The van der Waals surface area contributed by atoms with Crippen molar-refractivity contribution in [3.63, 3.8) is 0 Å². The zero-order valence-electron chi connectivity index (χ0n) is 27.4. The summed E-state index contributed by atoms with van der Waals surface area (Å²) < 4.78 is 21.8. The van der Waals surface area contributed by atoms with Crippen molar-refractivity contribution < 1.29 is 43.9 Å². The summed E-state index contributed by atoms with van der Waals surface area (Å²) in [6.07, 6.45) is 17.9. The standard InChI is InChI=1S/C34H64O9/c1-3-5-7-9-11-13-15-17-19-21-23-30(36)40-25-28(26-41-34-33(39)32(38)29(35)27-42-34)43-31(37)24-22-20-18-16-14-12-10-8-6-4-2/h28-29,32-35,38-39H,3-27H2,1-2H3/t28-,29-,32+,33-,34+/m1/s1. The third kappa shape index (κ3) is 21.2. The summed E-state index contributed by atoms with van der Waals surface area (Å²) in [7, 11) is 0. The molecule has 0 aromatic heterocycles. The van der Waals surface area contributed by atoms with Crippen molar-refractivity contribution in [2.75, 3.05) is 19.8 Å². The highest BCUT2D eigenvalue weighted by Gasteiger charge is 2.38. The number of esters is 2. The molecule has 5 atom stereocenters. The van der Waals surface area contributed by atoms with E-state index in [1.807, 2.05) is 0 Å². The normalized spacial score (nSPS) is 21.0. The van der Waals surface area contributed by atoms with Crippen LogP contribution in [0.5, 0.6) is 0 Å². The van der Waals surface area contributed by atoms with Crippen LogP contribution in [0.1, 0.15) is 155 Å². The van der Waals surface area contributed by atoms with Crippen LogP contribution >= 0.6 is 0 Å². The van der Waals surface area contributed by atoms with E-state index in [4.69, 9.17) is 18.9 Å². The van der Waals surface area contributed by atoms with E-state index in [-0.39, 0.29) is 38.2 Å². The van der Waals surface area contributed by atoms with Crippen molar-refractivity contribution in [2.24, 2.45) is 0 Å². The van der Waals surface area contributed by atoms with Crippen LogP contribution in [0.15, 0.2) is 0 Å². The molecule has 1 saturated heterocycles. The van der Waals surface area contributed by atoms with Crippen molar-refractivity contribution in [3.8, 4) is 0 Å². The maximum Gasteiger partial charge on any atom is 0.306 e. The lowest BCUT2D eigenvalue weighted by Crippen LogP contribution is -2.54. The monoisotopic (exact) mass is 616 g/mol. The molecule has 1 rings (SSSR count). The summed E-state index contributed by atoms with van der Waals surface area (Å²) in [5.41, 5.74) is 0. The number of hydrogen-bond acceptors (Lipinski definition) is 9. The number of aliphatic hydroxyl groups excluding tert-OH is 3. The van der Waals surface area contributed by atoms with Crippen molar-refractivity contribution in [3.05, 3.63) is 0 Å². The van der Waals surface area contributed by atoms with Gasteiger partial charge in [-0.2, -0.15) is 0 Å². The molecule has 9 nitrogen and oxygen atoms in total. The van der Waals surface area contributed by atoms with E-state index in [9.17, 15) is 24.9 Å². The molecule has 1 aliphatic heterocycles. The molecule has 0 aromatic carbocycles. The summed E-state index contributed by atoms with van der Waals surface area (Å²) in [5, 5.41) is 29.7. The summed E-state index contributed by atoms with van der Waals surface area (Å²) in [6, 6.07) is 0. The minimum Gasteiger partial charge on any atom is -0.462 e. The highest BCUT2D eigenvalue weighted by Crippen LogP contribution is 2.18. The molecule has 0 spiro atoms. The van der Waals surface area contributed by atoms with Gasteiger partial charge in [0.25, 0.3) is 0 Å². The van der Waals surface area contributed by atoms with Crippen molar-refractivity contribution in [2.45, 2.75) is 186 Å². The van der Waals surface area contributed by atoms with Gasteiger partial charge in [-0.25, -0.2) is 0 Å². The van der Waals surface area contributed by atoms with Crippen LogP contribution in [0.2, 0.25) is 0 Å². The molecule has 9 heteroatoms.